The van der Waals surface area contributed by atoms with E-state index in [0.29, 0.717) is 5.75 Å². The summed E-state index contributed by atoms with van der Waals surface area (Å²) in [6, 6.07) is 24.3. The molecule has 0 saturated heterocycles. The van der Waals surface area contributed by atoms with Gasteiger partial charge in [-0.3, -0.25) is 0 Å². The summed E-state index contributed by atoms with van der Waals surface area (Å²) < 4.78 is 8.88. The summed E-state index contributed by atoms with van der Waals surface area (Å²) in [5.41, 5.74) is 5.42. The highest BCUT2D eigenvalue weighted by atomic mass is 31.2. The Morgan fingerprint density at radius 1 is 0.679 bits per heavy atom. The standard InChI is InChI=1S/C22H22O.H3O4P/c1-22(2,3)18-14-15-19(23)21(17-12-8-5-9-13-17)20(18)16-10-6-4-7-11-16;1-5(2,3)4/h4-15,23H,1-3H3;(H3,1,2,3,4). The molecule has 0 atom stereocenters. The zero-order chi connectivity index (χ0) is 20.9. The molecule has 28 heavy (non-hydrogen) atoms. The van der Waals surface area contributed by atoms with Crippen LogP contribution in [-0.4, -0.2) is 19.8 Å². The van der Waals surface area contributed by atoms with Crippen molar-refractivity contribution in [2.24, 2.45) is 0 Å². The number of hydrogen-bond acceptors (Lipinski definition) is 2. The van der Waals surface area contributed by atoms with Crippen LogP contribution in [-0.2, 0) is 9.98 Å². The highest BCUT2D eigenvalue weighted by Gasteiger charge is 2.23. The van der Waals surface area contributed by atoms with Crippen LogP contribution in [0.15, 0.2) is 72.8 Å². The number of phosphoric acid groups is 1. The predicted octanol–water partition coefficient (Wildman–Crippen LogP) is 5.10. The largest absolute Gasteiger partial charge is 0.507 e. The number of aromatic hydroxyl groups is 1. The van der Waals surface area contributed by atoms with E-state index in [-0.39, 0.29) is 5.41 Å². The maximum atomic E-state index is 10.6. The van der Waals surface area contributed by atoms with Gasteiger partial charge in [-0.2, -0.15) is 0 Å². The molecule has 4 N–H and O–H groups in total. The summed E-state index contributed by atoms with van der Waals surface area (Å²) in [4.78, 5) is 21.6. The molecular formula is C22H25O5P. The van der Waals surface area contributed by atoms with Crippen LogP contribution in [0.4, 0.5) is 0 Å². The molecule has 0 saturated carbocycles. The van der Waals surface area contributed by atoms with E-state index in [9.17, 15) is 5.11 Å². The minimum atomic E-state index is -4.64. The van der Waals surface area contributed by atoms with Gasteiger partial charge in [0, 0.05) is 5.56 Å². The number of hydrogen-bond donors (Lipinski definition) is 4. The molecule has 3 aromatic carbocycles. The normalized spacial score (nSPS) is 11.5. The Morgan fingerprint density at radius 2 is 1.07 bits per heavy atom. The Balaban J connectivity index is 0.000000500. The third kappa shape index (κ3) is 6.04. The van der Waals surface area contributed by atoms with Crippen LogP contribution in [0.25, 0.3) is 22.3 Å². The van der Waals surface area contributed by atoms with Gasteiger partial charge in [0.2, 0.25) is 0 Å². The van der Waals surface area contributed by atoms with Crippen molar-refractivity contribution < 1.29 is 24.4 Å². The van der Waals surface area contributed by atoms with Crippen molar-refractivity contribution in [3.8, 4) is 28.0 Å². The van der Waals surface area contributed by atoms with Crippen molar-refractivity contribution in [3.05, 3.63) is 78.4 Å². The van der Waals surface area contributed by atoms with Crippen LogP contribution < -0.4 is 0 Å². The Hall–Kier alpha value is -2.43. The SMILES string of the molecule is CC(C)(C)c1ccc(O)c(-c2ccccc2)c1-c1ccccc1.O=P(O)(O)O. The summed E-state index contributed by atoms with van der Waals surface area (Å²) in [7, 11) is -4.64. The fraction of sp³-hybridized carbons (Fsp3) is 0.182. The average molecular weight is 400 g/mol. The summed E-state index contributed by atoms with van der Waals surface area (Å²) in [6.07, 6.45) is 0. The lowest BCUT2D eigenvalue weighted by atomic mass is 9.78. The minimum Gasteiger partial charge on any atom is -0.507 e. The summed E-state index contributed by atoms with van der Waals surface area (Å²) in [6.45, 7) is 6.63. The molecule has 6 heteroatoms. The first kappa shape index (κ1) is 21.9. The minimum absolute atomic E-state index is 0.0115. The lowest BCUT2D eigenvalue weighted by molar-refractivity contribution is 0.275. The van der Waals surface area contributed by atoms with Crippen molar-refractivity contribution in [2.75, 3.05) is 0 Å². The Labute approximate surface area is 165 Å². The van der Waals surface area contributed by atoms with Gasteiger partial charge in [-0.25, -0.2) is 4.57 Å². The molecule has 0 aliphatic carbocycles. The first-order valence-corrected chi connectivity index (χ1v) is 10.3. The molecule has 0 unspecified atom stereocenters. The van der Waals surface area contributed by atoms with Gasteiger partial charge in [-0.1, -0.05) is 87.5 Å². The van der Waals surface area contributed by atoms with Crippen LogP contribution >= 0.6 is 7.82 Å². The Morgan fingerprint density at radius 3 is 1.46 bits per heavy atom. The van der Waals surface area contributed by atoms with E-state index in [2.05, 4.69) is 32.9 Å². The van der Waals surface area contributed by atoms with E-state index < -0.39 is 7.82 Å². The Bertz CT molecular complexity index is 949. The number of phenolic OH excluding ortho intramolecular Hbond substituents is 1. The molecule has 0 spiro atoms. The molecule has 0 bridgehead atoms. The smallest absolute Gasteiger partial charge is 0.466 e. The quantitative estimate of drug-likeness (QED) is 0.449. The average Bonchev–Trinajstić information content (AvgIpc) is 2.60. The molecule has 148 valence electrons. The van der Waals surface area contributed by atoms with Gasteiger partial charge in [0.15, 0.2) is 0 Å². The zero-order valence-electron chi connectivity index (χ0n) is 16.1. The number of rotatable bonds is 2. The first-order valence-electron chi connectivity index (χ1n) is 8.74. The van der Waals surface area contributed by atoms with Gasteiger partial charge in [0.05, 0.1) is 0 Å². The van der Waals surface area contributed by atoms with E-state index in [0.717, 1.165) is 22.3 Å². The molecule has 0 aromatic heterocycles. The Kier molecular flexibility index (Phi) is 6.81. The van der Waals surface area contributed by atoms with Gasteiger partial charge < -0.3 is 19.8 Å². The molecule has 0 aliphatic rings. The predicted molar refractivity (Wildman–Crippen MR) is 112 cm³/mol. The van der Waals surface area contributed by atoms with E-state index in [4.69, 9.17) is 19.2 Å². The fourth-order valence-corrected chi connectivity index (χ4v) is 3.02. The molecular weight excluding hydrogens is 375 g/mol. The molecule has 0 amide bonds. The van der Waals surface area contributed by atoms with Crippen LogP contribution in [0.3, 0.4) is 0 Å². The molecule has 0 fully saturated rings. The van der Waals surface area contributed by atoms with Gasteiger partial charge in [0.25, 0.3) is 0 Å². The second kappa shape index (κ2) is 8.72. The lowest BCUT2D eigenvalue weighted by Gasteiger charge is -2.26. The van der Waals surface area contributed by atoms with Crippen LogP contribution in [0, 0.1) is 0 Å². The summed E-state index contributed by atoms with van der Waals surface area (Å²) >= 11 is 0. The molecule has 3 aromatic rings. The van der Waals surface area contributed by atoms with E-state index in [1.165, 1.54) is 5.56 Å². The third-order valence-corrected chi connectivity index (χ3v) is 4.12. The highest BCUT2D eigenvalue weighted by Crippen LogP contribution is 2.44. The molecule has 3 rings (SSSR count). The first-order chi connectivity index (χ1) is 13.0. The van der Waals surface area contributed by atoms with E-state index in [1.807, 2.05) is 60.7 Å². The zero-order valence-corrected chi connectivity index (χ0v) is 17.0. The van der Waals surface area contributed by atoms with Crippen LogP contribution in [0.2, 0.25) is 0 Å². The molecule has 0 aliphatic heterocycles. The highest BCUT2D eigenvalue weighted by molar-refractivity contribution is 7.45. The summed E-state index contributed by atoms with van der Waals surface area (Å²) in [5, 5.41) is 10.6. The third-order valence-electron chi connectivity index (χ3n) is 4.12. The van der Waals surface area contributed by atoms with Gasteiger partial charge in [-0.15, -0.1) is 0 Å². The second-order valence-electron chi connectivity index (χ2n) is 7.38. The molecule has 5 nitrogen and oxygen atoms in total. The fourth-order valence-electron chi connectivity index (χ4n) is 3.02. The molecule has 0 radical (unpaired) electrons. The second-order valence-corrected chi connectivity index (χ2v) is 8.40. The maximum Gasteiger partial charge on any atom is 0.466 e. The number of phenols is 1. The van der Waals surface area contributed by atoms with E-state index in [1.54, 1.807) is 0 Å². The maximum absolute atomic E-state index is 10.6. The molecule has 0 heterocycles. The monoisotopic (exact) mass is 400 g/mol. The van der Waals surface area contributed by atoms with E-state index >= 15 is 0 Å². The number of benzene rings is 3. The van der Waals surface area contributed by atoms with Gasteiger partial charge in [-0.05, 0) is 33.7 Å². The van der Waals surface area contributed by atoms with Crippen molar-refractivity contribution in [2.45, 2.75) is 26.2 Å². The van der Waals surface area contributed by atoms with Crippen LogP contribution in [0.5, 0.6) is 5.75 Å². The van der Waals surface area contributed by atoms with Crippen molar-refractivity contribution in [3.63, 3.8) is 0 Å². The topological polar surface area (TPSA) is 98.0 Å². The van der Waals surface area contributed by atoms with Crippen LogP contribution in [0.1, 0.15) is 26.3 Å². The summed E-state index contributed by atoms with van der Waals surface area (Å²) in [5.74, 6) is 0.322. The van der Waals surface area contributed by atoms with Crippen molar-refractivity contribution >= 4 is 7.82 Å². The lowest BCUT2D eigenvalue weighted by Crippen LogP contribution is -2.13. The van der Waals surface area contributed by atoms with Gasteiger partial charge >= 0.3 is 7.82 Å². The van der Waals surface area contributed by atoms with Crippen molar-refractivity contribution in [1.29, 1.82) is 0 Å². The van der Waals surface area contributed by atoms with Gasteiger partial charge in [0.1, 0.15) is 5.75 Å². The van der Waals surface area contributed by atoms with Crippen molar-refractivity contribution in [1.82, 2.24) is 0 Å².